The molecule has 0 aliphatic heterocycles. The van der Waals surface area contributed by atoms with Crippen molar-refractivity contribution in [3.63, 3.8) is 0 Å². The van der Waals surface area contributed by atoms with E-state index in [4.69, 9.17) is 11.6 Å². The van der Waals surface area contributed by atoms with E-state index in [1.165, 1.54) is 22.5 Å². The van der Waals surface area contributed by atoms with Gasteiger partial charge >= 0.3 is 0 Å². The molecule has 0 spiro atoms. The minimum Gasteiger partial charge on any atom is -0.212 e. The van der Waals surface area contributed by atoms with E-state index >= 15 is 0 Å². The molecule has 0 saturated heterocycles. The molecule has 1 fully saturated rings. The van der Waals surface area contributed by atoms with Gasteiger partial charge in [0.15, 0.2) is 0 Å². The highest BCUT2D eigenvalue weighted by molar-refractivity contribution is 7.88. The van der Waals surface area contributed by atoms with Crippen molar-refractivity contribution in [1.29, 1.82) is 0 Å². The molecule has 0 heterocycles. The Kier molecular flexibility index (Phi) is 5.04. The van der Waals surface area contributed by atoms with Gasteiger partial charge in [-0.3, -0.25) is 0 Å². The molecule has 1 aliphatic rings. The van der Waals surface area contributed by atoms with Crippen molar-refractivity contribution in [2.45, 2.75) is 43.9 Å². The third kappa shape index (κ3) is 3.51. The van der Waals surface area contributed by atoms with Crippen LogP contribution in [0.15, 0.2) is 18.2 Å². The van der Waals surface area contributed by atoms with Crippen molar-refractivity contribution in [1.82, 2.24) is 4.31 Å². The highest BCUT2D eigenvalue weighted by atomic mass is 35.5. The van der Waals surface area contributed by atoms with Crippen LogP contribution in [0.5, 0.6) is 0 Å². The second-order valence-electron chi connectivity index (χ2n) is 5.26. The third-order valence-corrected chi connectivity index (χ3v) is 6.10. The summed E-state index contributed by atoms with van der Waals surface area (Å²) in [5, 5.41) is 0.158. The number of benzene rings is 1. The van der Waals surface area contributed by atoms with E-state index in [9.17, 15) is 12.8 Å². The topological polar surface area (TPSA) is 37.4 Å². The summed E-state index contributed by atoms with van der Waals surface area (Å²) in [6.07, 6.45) is 5.00. The molecule has 3 nitrogen and oxygen atoms in total. The van der Waals surface area contributed by atoms with Crippen molar-refractivity contribution in [2.75, 3.05) is 7.05 Å². The fraction of sp³-hybridized carbons (Fsp3) is 0.571. The molecular weight excluding hydrogens is 301 g/mol. The molecule has 1 saturated carbocycles. The normalized spacial score (nSPS) is 17.6. The predicted octanol–water partition coefficient (Wildman–Crippen LogP) is 3.57. The Balaban J connectivity index is 2.18. The molecule has 0 radical (unpaired) electrons. The number of halogens is 2. The molecule has 0 atom stereocenters. The number of nitrogens with zero attached hydrogens (tertiary/aromatic N) is 1. The third-order valence-electron chi connectivity index (χ3n) is 3.92. The van der Waals surface area contributed by atoms with Crippen LogP contribution in [-0.4, -0.2) is 25.8 Å². The number of rotatable bonds is 4. The van der Waals surface area contributed by atoms with Gasteiger partial charge in [-0.1, -0.05) is 36.9 Å². The second kappa shape index (κ2) is 6.41. The van der Waals surface area contributed by atoms with E-state index in [0.717, 1.165) is 32.1 Å². The van der Waals surface area contributed by atoms with Crippen LogP contribution in [0.3, 0.4) is 0 Å². The molecule has 1 aromatic rings. The summed E-state index contributed by atoms with van der Waals surface area (Å²) in [6.45, 7) is 0. The van der Waals surface area contributed by atoms with Gasteiger partial charge in [0.05, 0.1) is 5.75 Å². The summed E-state index contributed by atoms with van der Waals surface area (Å²) in [5.74, 6) is -0.955. The van der Waals surface area contributed by atoms with Crippen LogP contribution in [0.25, 0.3) is 0 Å². The fourth-order valence-corrected chi connectivity index (χ4v) is 4.46. The first-order valence-corrected chi connectivity index (χ1v) is 8.79. The Bertz CT molecular complexity index is 550. The van der Waals surface area contributed by atoms with Crippen LogP contribution in [-0.2, 0) is 15.8 Å². The average Bonchev–Trinajstić information content (AvgIpc) is 2.43. The van der Waals surface area contributed by atoms with Crippen LogP contribution in [0.1, 0.15) is 37.7 Å². The number of sulfonamides is 1. The average molecular weight is 320 g/mol. The van der Waals surface area contributed by atoms with Crippen LogP contribution >= 0.6 is 11.6 Å². The zero-order valence-corrected chi connectivity index (χ0v) is 13.1. The summed E-state index contributed by atoms with van der Waals surface area (Å²) in [6, 6.07) is 4.24. The number of hydrogen-bond acceptors (Lipinski definition) is 2. The van der Waals surface area contributed by atoms with Gasteiger partial charge in [-0.15, -0.1) is 0 Å². The summed E-state index contributed by atoms with van der Waals surface area (Å²) in [7, 11) is -1.97. The lowest BCUT2D eigenvalue weighted by Crippen LogP contribution is -2.39. The Morgan fingerprint density at radius 3 is 2.55 bits per heavy atom. The zero-order valence-electron chi connectivity index (χ0n) is 11.5. The van der Waals surface area contributed by atoms with Gasteiger partial charge in [-0.05, 0) is 25.0 Å². The molecule has 0 bridgehead atoms. The Morgan fingerprint density at radius 1 is 1.30 bits per heavy atom. The van der Waals surface area contributed by atoms with Crippen LogP contribution < -0.4 is 0 Å². The van der Waals surface area contributed by atoms with E-state index in [1.54, 1.807) is 7.05 Å². The summed E-state index contributed by atoms with van der Waals surface area (Å²) >= 11 is 5.90. The van der Waals surface area contributed by atoms with Crippen molar-refractivity contribution in [2.24, 2.45) is 0 Å². The maximum absolute atomic E-state index is 13.7. The van der Waals surface area contributed by atoms with Gasteiger partial charge in [-0.2, -0.15) is 0 Å². The molecule has 2 rings (SSSR count). The first-order chi connectivity index (χ1) is 9.42. The summed E-state index contributed by atoms with van der Waals surface area (Å²) in [5.41, 5.74) is 0.0526. The van der Waals surface area contributed by atoms with Gasteiger partial charge < -0.3 is 0 Å². The van der Waals surface area contributed by atoms with Gasteiger partial charge in [0.25, 0.3) is 0 Å². The molecule has 0 aromatic heterocycles. The predicted molar refractivity (Wildman–Crippen MR) is 78.7 cm³/mol. The first kappa shape index (κ1) is 15.7. The Hall–Kier alpha value is -0.650. The van der Waals surface area contributed by atoms with Gasteiger partial charge in [-0.25, -0.2) is 17.1 Å². The number of hydrogen-bond donors (Lipinski definition) is 0. The largest absolute Gasteiger partial charge is 0.218 e. The zero-order chi connectivity index (χ0) is 14.8. The van der Waals surface area contributed by atoms with Crippen LogP contribution in [0.2, 0.25) is 5.02 Å². The first-order valence-electron chi connectivity index (χ1n) is 6.80. The maximum atomic E-state index is 13.7. The Morgan fingerprint density at radius 2 is 1.95 bits per heavy atom. The van der Waals surface area contributed by atoms with Crippen molar-refractivity contribution in [3.05, 3.63) is 34.6 Å². The fourth-order valence-electron chi connectivity index (χ4n) is 2.63. The molecule has 0 unspecified atom stereocenters. The smallest absolute Gasteiger partial charge is 0.212 e. The van der Waals surface area contributed by atoms with Crippen molar-refractivity contribution >= 4 is 21.6 Å². The van der Waals surface area contributed by atoms with Crippen molar-refractivity contribution < 1.29 is 12.8 Å². The molecule has 0 amide bonds. The quantitative estimate of drug-likeness (QED) is 0.850. The van der Waals surface area contributed by atoms with E-state index in [2.05, 4.69) is 0 Å². The lowest BCUT2D eigenvalue weighted by Gasteiger charge is -2.30. The van der Waals surface area contributed by atoms with E-state index in [1.807, 2.05) is 0 Å². The molecule has 6 heteroatoms. The lowest BCUT2D eigenvalue weighted by molar-refractivity contribution is 0.285. The molecule has 1 aromatic carbocycles. The van der Waals surface area contributed by atoms with E-state index < -0.39 is 15.8 Å². The molecule has 112 valence electrons. The summed E-state index contributed by atoms with van der Waals surface area (Å²) < 4.78 is 39.9. The highest BCUT2D eigenvalue weighted by Crippen LogP contribution is 2.27. The minimum atomic E-state index is -3.55. The molecule has 0 N–H and O–H groups in total. The van der Waals surface area contributed by atoms with Crippen LogP contribution in [0.4, 0.5) is 4.39 Å². The second-order valence-corrected chi connectivity index (χ2v) is 7.70. The van der Waals surface area contributed by atoms with Gasteiger partial charge in [0, 0.05) is 23.7 Å². The van der Waals surface area contributed by atoms with E-state index in [-0.39, 0.29) is 22.4 Å². The molecule has 20 heavy (non-hydrogen) atoms. The van der Waals surface area contributed by atoms with Gasteiger partial charge in [0.2, 0.25) is 10.0 Å². The van der Waals surface area contributed by atoms with Crippen molar-refractivity contribution in [3.8, 4) is 0 Å². The molecular formula is C14H19ClFNO2S. The van der Waals surface area contributed by atoms with Crippen LogP contribution in [0, 0.1) is 5.82 Å². The Labute approximate surface area is 124 Å². The SMILES string of the molecule is CN(C1CCCCC1)S(=O)(=O)Cc1c(F)cccc1Cl. The molecule has 1 aliphatic carbocycles. The van der Waals surface area contributed by atoms with Gasteiger partial charge in [0.1, 0.15) is 5.82 Å². The lowest BCUT2D eigenvalue weighted by atomic mass is 9.96. The minimum absolute atomic E-state index is 0.0271. The van der Waals surface area contributed by atoms with E-state index in [0.29, 0.717) is 0 Å². The standard InChI is InChI=1S/C14H19ClFNO2S/c1-17(11-6-3-2-4-7-11)20(18,19)10-12-13(15)8-5-9-14(12)16/h5,8-9,11H,2-4,6-7,10H2,1H3. The summed E-state index contributed by atoms with van der Waals surface area (Å²) in [4.78, 5) is 0. The monoisotopic (exact) mass is 319 g/mol. The maximum Gasteiger partial charge on any atom is 0.218 e. The highest BCUT2D eigenvalue weighted by Gasteiger charge is 2.29.